The summed E-state index contributed by atoms with van der Waals surface area (Å²) >= 11 is 0. The summed E-state index contributed by atoms with van der Waals surface area (Å²) in [6.07, 6.45) is 3.50. The van der Waals surface area contributed by atoms with Gasteiger partial charge in [0.05, 0.1) is 0 Å². The van der Waals surface area contributed by atoms with Gasteiger partial charge in [-0.15, -0.1) is 12.4 Å². The maximum Gasteiger partial charge on any atom is -0.0302 e. The first-order valence-electron chi connectivity index (χ1n) is 4.93. The fourth-order valence-electron chi connectivity index (χ4n) is 1.80. The number of rotatable bonds is 3. The molecule has 0 nitrogen and oxygen atoms in total. The minimum Gasteiger partial charge on any atom is -0.147 e. The van der Waals surface area contributed by atoms with E-state index in [9.17, 15) is 0 Å². The molecule has 0 atom stereocenters. The molecule has 0 amide bonds. The van der Waals surface area contributed by atoms with Gasteiger partial charge >= 0.3 is 0 Å². The molecule has 1 heteroatoms. The van der Waals surface area contributed by atoms with Gasteiger partial charge in [-0.1, -0.05) is 39.0 Å². The van der Waals surface area contributed by atoms with Crippen molar-refractivity contribution in [3.63, 3.8) is 0 Å². The molecule has 0 aliphatic carbocycles. The molecule has 0 heterocycles. The van der Waals surface area contributed by atoms with Crippen molar-refractivity contribution in [2.24, 2.45) is 0 Å². The van der Waals surface area contributed by atoms with Crippen molar-refractivity contribution in [2.45, 2.75) is 40.0 Å². The van der Waals surface area contributed by atoms with Crippen LogP contribution in [-0.4, -0.2) is 0 Å². The Morgan fingerprint density at radius 1 is 0.846 bits per heavy atom. The molecule has 0 saturated heterocycles. The maximum absolute atomic E-state index is 2.25. The second kappa shape index (κ2) is 6.04. The Balaban J connectivity index is 0.00000144. The average molecular weight is 199 g/mol. The lowest BCUT2D eigenvalue weighted by atomic mass is 9.96. The van der Waals surface area contributed by atoms with E-state index in [0.29, 0.717) is 0 Å². The molecule has 0 N–H and O–H groups in total. The van der Waals surface area contributed by atoms with Crippen molar-refractivity contribution in [3.05, 3.63) is 34.9 Å². The normalized spacial score (nSPS) is 9.46. The predicted molar refractivity (Wildman–Crippen MR) is 61.8 cm³/mol. The predicted octanol–water partition coefficient (Wildman–Crippen LogP) is 3.80. The largest absolute Gasteiger partial charge is 0.147 e. The Hall–Kier alpha value is -0.490. The molecule has 1 aromatic rings. The molecule has 0 saturated carbocycles. The molecule has 0 bridgehead atoms. The summed E-state index contributed by atoms with van der Waals surface area (Å²) in [5.74, 6) is 0. The molecule has 0 aliphatic rings. The van der Waals surface area contributed by atoms with Gasteiger partial charge in [-0.3, -0.25) is 0 Å². The lowest BCUT2D eigenvalue weighted by Gasteiger charge is -2.10. The molecule has 1 rings (SSSR count). The van der Waals surface area contributed by atoms with Gasteiger partial charge in [0.1, 0.15) is 0 Å². The lowest BCUT2D eigenvalue weighted by Crippen LogP contribution is -1.96. The first kappa shape index (κ1) is 12.5. The van der Waals surface area contributed by atoms with Crippen molar-refractivity contribution in [1.82, 2.24) is 0 Å². The highest BCUT2D eigenvalue weighted by molar-refractivity contribution is 5.85. The monoisotopic (exact) mass is 198 g/mol. The molecule has 0 spiro atoms. The quantitative estimate of drug-likeness (QED) is 0.693. The van der Waals surface area contributed by atoms with Crippen molar-refractivity contribution < 1.29 is 0 Å². The standard InChI is InChI=1S/C12H18.ClH/c1-4-10-8-7-9-11(5-2)12(10)6-3;/h7-9H,4-6H2,1-3H3;1H. The number of aryl methyl sites for hydroxylation is 2. The number of halogens is 1. The van der Waals surface area contributed by atoms with Gasteiger partial charge in [0.2, 0.25) is 0 Å². The summed E-state index contributed by atoms with van der Waals surface area (Å²) in [5, 5.41) is 0. The topological polar surface area (TPSA) is 0 Å². The van der Waals surface area contributed by atoms with Crippen molar-refractivity contribution in [2.75, 3.05) is 0 Å². The summed E-state index contributed by atoms with van der Waals surface area (Å²) in [4.78, 5) is 0. The third-order valence-corrected chi connectivity index (χ3v) is 2.49. The lowest BCUT2D eigenvalue weighted by molar-refractivity contribution is 0.981. The van der Waals surface area contributed by atoms with E-state index in [1.54, 1.807) is 5.56 Å². The maximum atomic E-state index is 2.25. The van der Waals surface area contributed by atoms with E-state index in [1.165, 1.54) is 17.5 Å². The first-order chi connectivity index (χ1) is 5.83. The number of hydrogen-bond acceptors (Lipinski definition) is 0. The van der Waals surface area contributed by atoms with Crippen LogP contribution in [0.3, 0.4) is 0 Å². The van der Waals surface area contributed by atoms with Crippen LogP contribution in [0, 0.1) is 0 Å². The Kier molecular flexibility index (Phi) is 5.81. The minimum absolute atomic E-state index is 0. The second-order valence-electron chi connectivity index (χ2n) is 3.12. The number of benzene rings is 1. The van der Waals surface area contributed by atoms with E-state index in [-0.39, 0.29) is 12.4 Å². The highest BCUT2D eigenvalue weighted by atomic mass is 35.5. The fourth-order valence-corrected chi connectivity index (χ4v) is 1.80. The summed E-state index contributed by atoms with van der Waals surface area (Å²) in [6, 6.07) is 6.67. The van der Waals surface area contributed by atoms with Crippen LogP contribution >= 0.6 is 12.4 Å². The van der Waals surface area contributed by atoms with E-state index in [2.05, 4.69) is 39.0 Å². The van der Waals surface area contributed by atoms with Gasteiger partial charge in [-0.25, -0.2) is 0 Å². The van der Waals surface area contributed by atoms with Crippen molar-refractivity contribution in [1.29, 1.82) is 0 Å². The summed E-state index contributed by atoms with van der Waals surface area (Å²) in [5.41, 5.74) is 4.62. The smallest absolute Gasteiger partial charge is 0.0302 e. The Bertz CT molecular complexity index is 231. The van der Waals surface area contributed by atoms with Crippen LogP contribution in [0.25, 0.3) is 0 Å². The molecular weight excluding hydrogens is 180 g/mol. The molecule has 0 aliphatic heterocycles. The van der Waals surface area contributed by atoms with Gasteiger partial charge in [0.15, 0.2) is 0 Å². The van der Waals surface area contributed by atoms with Crippen LogP contribution in [0.4, 0.5) is 0 Å². The second-order valence-corrected chi connectivity index (χ2v) is 3.12. The third-order valence-electron chi connectivity index (χ3n) is 2.49. The van der Waals surface area contributed by atoms with Crippen LogP contribution in [0.15, 0.2) is 18.2 Å². The number of hydrogen-bond donors (Lipinski definition) is 0. The van der Waals surface area contributed by atoms with Gasteiger partial charge < -0.3 is 0 Å². The molecule has 0 radical (unpaired) electrons. The molecule has 0 aromatic heterocycles. The van der Waals surface area contributed by atoms with Crippen molar-refractivity contribution in [3.8, 4) is 0 Å². The van der Waals surface area contributed by atoms with Gasteiger partial charge in [-0.05, 0) is 36.0 Å². The highest BCUT2D eigenvalue weighted by Gasteiger charge is 2.02. The van der Waals surface area contributed by atoms with Crippen LogP contribution in [-0.2, 0) is 19.3 Å². The Morgan fingerprint density at radius 2 is 1.31 bits per heavy atom. The zero-order valence-corrected chi connectivity index (χ0v) is 9.58. The first-order valence-corrected chi connectivity index (χ1v) is 4.93. The van der Waals surface area contributed by atoms with E-state index >= 15 is 0 Å². The van der Waals surface area contributed by atoms with E-state index in [1.807, 2.05) is 0 Å². The molecule has 1 aromatic carbocycles. The zero-order valence-electron chi connectivity index (χ0n) is 8.76. The van der Waals surface area contributed by atoms with Gasteiger partial charge in [-0.2, -0.15) is 0 Å². The molecule has 74 valence electrons. The van der Waals surface area contributed by atoms with E-state index in [0.717, 1.165) is 12.8 Å². The highest BCUT2D eigenvalue weighted by Crippen LogP contribution is 2.16. The Morgan fingerprint density at radius 3 is 1.62 bits per heavy atom. The van der Waals surface area contributed by atoms with Crippen LogP contribution in [0.2, 0.25) is 0 Å². The molecule has 13 heavy (non-hydrogen) atoms. The summed E-state index contributed by atoms with van der Waals surface area (Å²) in [6.45, 7) is 6.70. The molecule has 0 fully saturated rings. The minimum atomic E-state index is 0. The van der Waals surface area contributed by atoms with E-state index in [4.69, 9.17) is 0 Å². The SMILES string of the molecule is CCc1cccc(CC)c1CC.Cl. The van der Waals surface area contributed by atoms with Crippen molar-refractivity contribution >= 4 is 12.4 Å². The molecule has 0 unspecified atom stereocenters. The van der Waals surface area contributed by atoms with E-state index < -0.39 is 0 Å². The average Bonchev–Trinajstić information content (AvgIpc) is 2.16. The van der Waals surface area contributed by atoms with Crippen LogP contribution < -0.4 is 0 Å². The summed E-state index contributed by atoms with van der Waals surface area (Å²) < 4.78 is 0. The van der Waals surface area contributed by atoms with Crippen LogP contribution in [0.5, 0.6) is 0 Å². The zero-order chi connectivity index (χ0) is 8.97. The third kappa shape index (κ3) is 2.73. The van der Waals surface area contributed by atoms with Gasteiger partial charge in [0.25, 0.3) is 0 Å². The fraction of sp³-hybridized carbons (Fsp3) is 0.500. The molecular formula is C12H19Cl. The summed E-state index contributed by atoms with van der Waals surface area (Å²) in [7, 11) is 0. The van der Waals surface area contributed by atoms with Gasteiger partial charge in [0, 0.05) is 0 Å². The Labute approximate surface area is 87.8 Å². The van der Waals surface area contributed by atoms with Crippen LogP contribution in [0.1, 0.15) is 37.5 Å².